The number of morpholine rings is 1. The molecule has 2 fully saturated rings. The van der Waals surface area contributed by atoms with Crippen LogP contribution in [0.5, 0.6) is 0 Å². The standard InChI is InChI=1S/C23H37N3O3.HI/c1-5-24-22(26-11-13-28-21(16-26)20-10-7-12-27-20)25-15-18-8-6-9-19(14-18)17-29-23(2,3)4;/h6,8-9,14,20-21H,5,7,10-13,15-17H2,1-4H3,(H,24,25);1H. The first kappa shape index (κ1) is 25.4. The van der Waals surface area contributed by atoms with Crippen LogP contribution < -0.4 is 5.32 Å². The Bertz CT molecular complexity index is 672. The van der Waals surface area contributed by atoms with Gasteiger partial charge in [0.2, 0.25) is 0 Å². The normalized spacial score (nSPS) is 22.7. The molecule has 3 rings (SSSR count). The monoisotopic (exact) mass is 531 g/mol. The van der Waals surface area contributed by atoms with E-state index in [9.17, 15) is 0 Å². The average molecular weight is 531 g/mol. The number of nitrogens with one attached hydrogen (secondary N) is 1. The third-order valence-electron chi connectivity index (χ3n) is 5.18. The Morgan fingerprint density at radius 3 is 2.67 bits per heavy atom. The zero-order valence-electron chi connectivity index (χ0n) is 18.9. The second-order valence-corrected chi connectivity index (χ2v) is 8.80. The molecule has 0 bridgehead atoms. The summed E-state index contributed by atoms with van der Waals surface area (Å²) < 4.78 is 17.7. The Labute approximate surface area is 198 Å². The zero-order chi connectivity index (χ0) is 20.7. The number of ether oxygens (including phenoxy) is 3. The molecule has 2 atom stereocenters. The second kappa shape index (κ2) is 12.2. The summed E-state index contributed by atoms with van der Waals surface area (Å²) in [6.45, 7) is 13.7. The quantitative estimate of drug-likeness (QED) is 0.342. The Morgan fingerprint density at radius 1 is 1.20 bits per heavy atom. The maximum Gasteiger partial charge on any atom is 0.194 e. The van der Waals surface area contributed by atoms with Crippen molar-refractivity contribution in [3.05, 3.63) is 35.4 Å². The summed E-state index contributed by atoms with van der Waals surface area (Å²) in [5.74, 6) is 0.954. The molecule has 1 aromatic rings. The molecule has 0 aromatic heterocycles. The lowest BCUT2D eigenvalue weighted by atomic mass is 10.1. The van der Waals surface area contributed by atoms with Crippen molar-refractivity contribution >= 4 is 29.9 Å². The summed E-state index contributed by atoms with van der Waals surface area (Å²) >= 11 is 0. The fourth-order valence-electron chi connectivity index (χ4n) is 3.70. The Kier molecular flexibility index (Phi) is 10.3. The van der Waals surface area contributed by atoms with E-state index in [1.165, 1.54) is 11.1 Å². The van der Waals surface area contributed by atoms with Crippen molar-refractivity contribution in [2.75, 3.05) is 32.8 Å². The van der Waals surface area contributed by atoms with Gasteiger partial charge in [-0.05, 0) is 51.7 Å². The van der Waals surface area contributed by atoms with Crippen molar-refractivity contribution in [1.82, 2.24) is 10.2 Å². The minimum Gasteiger partial charge on any atom is -0.375 e. The van der Waals surface area contributed by atoms with Crippen molar-refractivity contribution in [2.45, 2.75) is 71.5 Å². The van der Waals surface area contributed by atoms with Gasteiger partial charge < -0.3 is 24.4 Å². The molecule has 0 aliphatic carbocycles. The molecule has 0 spiro atoms. The predicted octanol–water partition coefficient (Wildman–Crippen LogP) is 3.97. The molecule has 1 N–H and O–H groups in total. The van der Waals surface area contributed by atoms with Gasteiger partial charge in [-0.2, -0.15) is 0 Å². The van der Waals surface area contributed by atoms with Crippen LogP contribution >= 0.6 is 24.0 Å². The van der Waals surface area contributed by atoms with Crippen molar-refractivity contribution in [1.29, 1.82) is 0 Å². The largest absolute Gasteiger partial charge is 0.375 e. The number of aliphatic imine (C=N–C) groups is 1. The molecule has 170 valence electrons. The molecule has 0 radical (unpaired) electrons. The van der Waals surface area contributed by atoms with E-state index < -0.39 is 0 Å². The molecular formula is C23H38IN3O3. The van der Waals surface area contributed by atoms with Gasteiger partial charge in [-0.15, -0.1) is 24.0 Å². The summed E-state index contributed by atoms with van der Waals surface area (Å²) in [6.07, 6.45) is 2.58. The average Bonchev–Trinajstić information content (AvgIpc) is 3.24. The van der Waals surface area contributed by atoms with Crippen LogP contribution in [-0.4, -0.2) is 61.5 Å². The number of hydrogen-bond donors (Lipinski definition) is 1. The van der Waals surface area contributed by atoms with E-state index >= 15 is 0 Å². The minimum atomic E-state index is -0.137. The van der Waals surface area contributed by atoms with Crippen LogP contribution in [0.3, 0.4) is 0 Å². The summed E-state index contributed by atoms with van der Waals surface area (Å²) in [6, 6.07) is 8.51. The topological polar surface area (TPSA) is 55.3 Å². The van der Waals surface area contributed by atoms with Crippen LogP contribution in [0, 0.1) is 0 Å². The molecule has 2 heterocycles. The van der Waals surface area contributed by atoms with Crippen LogP contribution in [0.25, 0.3) is 0 Å². The molecule has 7 heteroatoms. The summed E-state index contributed by atoms with van der Waals surface area (Å²) in [4.78, 5) is 7.22. The molecule has 2 aliphatic rings. The van der Waals surface area contributed by atoms with E-state index in [2.05, 4.69) is 62.2 Å². The highest BCUT2D eigenvalue weighted by Crippen LogP contribution is 2.21. The Morgan fingerprint density at radius 2 is 1.97 bits per heavy atom. The molecule has 0 saturated carbocycles. The summed E-state index contributed by atoms with van der Waals surface area (Å²) in [5, 5.41) is 3.45. The third kappa shape index (κ3) is 7.98. The van der Waals surface area contributed by atoms with E-state index in [-0.39, 0.29) is 41.8 Å². The van der Waals surface area contributed by atoms with Gasteiger partial charge in [-0.25, -0.2) is 4.99 Å². The van der Waals surface area contributed by atoms with Crippen LogP contribution in [-0.2, 0) is 27.4 Å². The molecule has 2 saturated heterocycles. The van der Waals surface area contributed by atoms with Gasteiger partial charge >= 0.3 is 0 Å². The van der Waals surface area contributed by atoms with E-state index in [4.69, 9.17) is 19.2 Å². The number of benzene rings is 1. The van der Waals surface area contributed by atoms with Gasteiger partial charge in [-0.1, -0.05) is 24.3 Å². The molecular weight excluding hydrogens is 493 g/mol. The number of halogens is 1. The Hall–Kier alpha value is -0.900. The minimum absolute atomic E-state index is 0. The lowest BCUT2D eigenvalue weighted by Crippen LogP contribution is -2.53. The van der Waals surface area contributed by atoms with Crippen molar-refractivity contribution in [3.63, 3.8) is 0 Å². The number of hydrogen-bond acceptors (Lipinski definition) is 4. The summed E-state index contributed by atoms with van der Waals surface area (Å²) in [7, 11) is 0. The second-order valence-electron chi connectivity index (χ2n) is 8.80. The molecule has 1 aromatic carbocycles. The van der Waals surface area contributed by atoms with Crippen LogP contribution in [0.4, 0.5) is 0 Å². The molecule has 2 unspecified atom stereocenters. The first-order valence-electron chi connectivity index (χ1n) is 10.9. The van der Waals surface area contributed by atoms with Gasteiger partial charge in [0.05, 0.1) is 31.5 Å². The number of nitrogens with zero attached hydrogens (tertiary/aromatic N) is 2. The smallest absolute Gasteiger partial charge is 0.194 e. The van der Waals surface area contributed by atoms with E-state index in [1.54, 1.807) is 0 Å². The lowest BCUT2D eigenvalue weighted by molar-refractivity contribution is -0.0817. The van der Waals surface area contributed by atoms with Gasteiger partial charge in [0.15, 0.2) is 5.96 Å². The number of guanidine groups is 1. The maximum absolute atomic E-state index is 5.99. The van der Waals surface area contributed by atoms with Crippen LogP contribution in [0.2, 0.25) is 0 Å². The lowest BCUT2D eigenvalue weighted by Gasteiger charge is -2.37. The highest BCUT2D eigenvalue weighted by Gasteiger charge is 2.32. The zero-order valence-corrected chi connectivity index (χ0v) is 21.2. The van der Waals surface area contributed by atoms with E-state index in [0.29, 0.717) is 19.8 Å². The molecule has 6 nitrogen and oxygen atoms in total. The van der Waals surface area contributed by atoms with Gasteiger partial charge in [0.25, 0.3) is 0 Å². The van der Waals surface area contributed by atoms with E-state index in [0.717, 1.165) is 45.0 Å². The van der Waals surface area contributed by atoms with Crippen molar-refractivity contribution in [2.24, 2.45) is 4.99 Å². The molecule has 2 aliphatic heterocycles. The van der Waals surface area contributed by atoms with Crippen LogP contribution in [0.1, 0.15) is 51.7 Å². The summed E-state index contributed by atoms with van der Waals surface area (Å²) in [5.41, 5.74) is 2.24. The van der Waals surface area contributed by atoms with E-state index in [1.807, 2.05) is 0 Å². The van der Waals surface area contributed by atoms with Gasteiger partial charge in [0.1, 0.15) is 6.10 Å². The first-order valence-corrected chi connectivity index (χ1v) is 10.9. The highest BCUT2D eigenvalue weighted by atomic mass is 127. The molecule has 0 amide bonds. The third-order valence-corrected chi connectivity index (χ3v) is 5.18. The fraction of sp³-hybridized carbons (Fsp3) is 0.696. The van der Waals surface area contributed by atoms with Crippen LogP contribution in [0.15, 0.2) is 29.3 Å². The predicted molar refractivity (Wildman–Crippen MR) is 132 cm³/mol. The Balaban J connectivity index is 0.00000320. The highest BCUT2D eigenvalue weighted by molar-refractivity contribution is 14.0. The first-order chi connectivity index (χ1) is 13.9. The maximum atomic E-state index is 5.99. The fourth-order valence-corrected chi connectivity index (χ4v) is 3.70. The van der Waals surface area contributed by atoms with Crippen molar-refractivity contribution < 1.29 is 14.2 Å². The van der Waals surface area contributed by atoms with Gasteiger partial charge in [0, 0.05) is 26.2 Å². The molecule has 30 heavy (non-hydrogen) atoms. The van der Waals surface area contributed by atoms with Gasteiger partial charge in [-0.3, -0.25) is 0 Å². The van der Waals surface area contributed by atoms with Crippen molar-refractivity contribution in [3.8, 4) is 0 Å². The number of rotatable bonds is 6. The SMILES string of the molecule is CCNC(=NCc1cccc(COC(C)(C)C)c1)N1CCOC(C2CCCO2)C1.I.